The molecule has 0 saturated heterocycles. The summed E-state index contributed by atoms with van der Waals surface area (Å²) in [5.74, 6) is -1.65. The molecular formula is C30H32Cl2N4O6S2. The maximum absolute atomic E-state index is 14.3. The fourth-order valence-corrected chi connectivity index (χ4v) is 8.08. The topological polar surface area (TPSA) is 156 Å². The van der Waals surface area contributed by atoms with Gasteiger partial charge in [0.1, 0.15) is 0 Å². The van der Waals surface area contributed by atoms with Gasteiger partial charge in [0.2, 0.25) is 26.0 Å². The van der Waals surface area contributed by atoms with E-state index in [1.807, 2.05) is 0 Å². The summed E-state index contributed by atoms with van der Waals surface area (Å²) in [6, 6.07) is 15.6. The van der Waals surface area contributed by atoms with Gasteiger partial charge in [-0.15, -0.1) is 0 Å². The van der Waals surface area contributed by atoms with Crippen LogP contribution in [0.5, 0.6) is 0 Å². The molecule has 5 rings (SSSR count). The average molecular weight is 680 g/mol. The van der Waals surface area contributed by atoms with E-state index >= 15 is 0 Å². The Bertz CT molecular complexity index is 1800. The van der Waals surface area contributed by atoms with Crippen molar-refractivity contribution in [2.75, 3.05) is 6.26 Å². The van der Waals surface area contributed by atoms with Crippen molar-refractivity contribution in [3.63, 3.8) is 0 Å². The minimum atomic E-state index is -3.87. The van der Waals surface area contributed by atoms with E-state index in [1.165, 1.54) is 12.1 Å². The van der Waals surface area contributed by atoms with E-state index in [1.54, 1.807) is 59.5 Å². The number of sulfonamides is 2. The highest BCUT2D eigenvalue weighted by Crippen LogP contribution is 2.47. The highest BCUT2D eigenvalue weighted by Gasteiger charge is 2.49. The molecule has 0 radical (unpaired) electrons. The number of carbonyl (C=O) groups excluding carboxylic acids is 2. The normalized spacial score (nSPS) is 22.4. The van der Waals surface area contributed by atoms with Crippen molar-refractivity contribution >= 4 is 55.1 Å². The number of fused-ring (bicyclic) bond motifs is 1. The van der Waals surface area contributed by atoms with Crippen molar-refractivity contribution in [1.82, 2.24) is 14.9 Å². The molecule has 1 saturated carbocycles. The average Bonchev–Trinajstić information content (AvgIpc) is 2.95. The third kappa shape index (κ3) is 6.95. The molecule has 1 aliphatic carbocycles. The standard InChI is InChI=1S/C30H32Cl2N4O6S2/c1-43(39,40)35-25-8-4-5-9-26(25)36-28(23-15-12-19(31)16-24(23)32)27(21-6-2-3-7-22(21)30(36)38)29(37)34-17-18-10-13-20(14-11-18)44(33,41)42/h2-3,6-7,10-16,25-28,35H,4-5,8-9,17H2,1H3,(H,34,37)(H2,33,41,42)/t25-,26-,27+,28-/m0/s1. The van der Waals surface area contributed by atoms with Crippen LogP contribution in [0.15, 0.2) is 71.6 Å². The van der Waals surface area contributed by atoms with Crippen LogP contribution in [0.3, 0.4) is 0 Å². The molecule has 1 aliphatic heterocycles. The van der Waals surface area contributed by atoms with Crippen LogP contribution < -0.4 is 15.2 Å². The van der Waals surface area contributed by atoms with Gasteiger partial charge >= 0.3 is 0 Å². The number of carbonyl (C=O) groups is 2. The largest absolute Gasteiger partial charge is 0.351 e. The number of nitrogens with zero attached hydrogens (tertiary/aromatic N) is 1. The molecule has 2 aliphatic rings. The summed E-state index contributed by atoms with van der Waals surface area (Å²) >= 11 is 13.0. The molecule has 0 bridgehead atoms. The molecule has 3 aromatic carbocycles. The minimum Gasteiger partial charge on any atom is -0.351 e. The summed E-state index contributed by atoms with van der Waals surface area (Å²) in [5, 5.41) is 8.80. The Labute approximate surface area is 267 Å². The summed E-state index contributed by atoms with van der Waals surface area (Å²) < 4.78 is 50.8. The first-order valence-corrected chi connectivity index (χ1v) is 18.2. The van der Waals surface area contributed by atoms with Crippen molar-refractivity contribution in [3.05, 3.63) is 99.0 Å². The number of nitrogens with one attached hydrogen (secondary N) is 2. The van der Waals surface area contributed by atoms with Gasteiger partial charge in [-0.3, -0.25) is 9.59 Å². The molecule has 4 N–H and O–H groups in total. The summed E-state index contributed by atoms with van der Waals surface area (Å²) in [5.41, 5.74) is 1.99. The number of nitrogens with two attached hydrogens (primary N) is 1. The van der Waals surface area contributed by atoms with Crippen LogP contribution in [0.1, 0.15) is 64.7 Å². The molecule has 0 spiro atoms. The minimum absolute atomic E-state index is 0.0508. The summed E-state index contributed by atoms with van der Waals surface area (Å²) in [7, 11) is -7.48. The van der Waals surface area contributed by atoms with Crippen molar-refractivity contribution in [2.45, 2.75) is 61.2 Å². The zero-order chi connectivity index (χ0) is 31.8. The monoisotopic (exact) mass is 678 g/mol. The number of benzene rings is 3. The first-order chi connectivity index (χ1) is 20.7. The van der Waals surface area contributed by atoms with Crippen LogP contribution in [0, 0.1) is 0 Å². The molecule has 3 aromatic rings. The van der Waals surface area contributed by atoms with E-state index in [-0.39, 0.29) is 22.4 Å². The van der Waals surface area contributed by atoms with Crippen LogP contribution in [0.2, 0.25) is 10.0 Å². The van der Waals surface area contributed by atoms with Crippen molar-refractivity contribution in [2.24, 2.45) is 5.14 Å². The van der Waals surface area contributed by atoms with Crippen LogP contribution in [-0.2, 0) is 31.4 Å². The van der Waals surface area contributed by atoms with Crippen molar-refractivity contribution < 1.29 is 26.4 Å². The molecule has 234 valence electrons. The van der Waals surface area contributed by atoms with Gasteiger partial charge in [0, 0.05) is 34.2 Å². The Kier molecular flexibility index (Phi) is 9.41. The molecular weight excluding hydrogens is 647 g/mol. The second kappa shape index (κ2) is 12.8. The summed E-state index contributed by atoms with van der Waals surface area (Å²) in [6.45, 7) is 0.0686. The lowest BCUT2D eigenvalue weighted by molar-refractivity contribution is -0.124. The third-order valence-corrected chi connectivity index (χ3v) is 10.3. The van der Waals surface area contributed by atoms with E-state index in [0.717, 1.165) is 19.1 Å². The van der Waals surface area contributed by atoms with Crippen LogP contribution in [-0.4, -0.2) is 51.9 Å². The smallest absolute Gasteiger partial charge is 0.255 e. The fraction of sp³-hybridized carbons (Fsp3) is 0.333. The molecule has 2 amide bonds. The Morgan fingerprint density at radius 1 is 0.955 bits per heavy atom. The zero-order valence-electron chi connectivity index (χ0n) is 23.7. The molecule has 4 atom stereocenters. The van der Waals surface area contributed by atoms with Crippen molar-refractivity contribution in [3.8, 4) is 0 Å². The molecule has 0 unspecified atom stereocenters. The lowest BCUT2D eigenvalue weighted by atomic mass is 9.76. The van der Waals surface area contributed by atoms with Crippen LogP contribution in [0.4, 0.5) is 0 Å². The fourth-order valence-electron chi connectivity index (χ4n) is 6.22. The van der Waals surface area contributed by atoms with Gasteiger partial charge in [-0.1, -0.05) is 72.4 Å². The highest BCUT2D eigenvalue weighted by molar-refractivity contribution is 7.89. The molecule has 1 fully saturated rings. The second-order valence-corrected chi connectivity index (χ2v) is 15.3. The second-order valence-electron chi connectivity index (χ2n) is 11.1. The van der Waals surface area contributed by atoms with Crippen LogP contribution in [0.25, 0.3) is 0 Å². The Morgan fingerprint density at radius 2 is 1.64 bits per heavy atom. The van der Waals surface area contributed by atoms with Gasteiger partial charge < -0.3 is 10.2 Å². The molecule has 1 heterocycles. The number of amides is 2. The lowest BCUT2D eigenvalue weighted by Gasteiger charge is -2.49. The number of hydrogen-bond acceptors (Lipinski definition) is 6. The number of rotatable bonds is 8. The summed E-state index contributed by atoms with van der Waals surface area (Å²) in [4.78, 5) is 30.1. The predicted molar refractivity (Wildman–Crippen MR) is 168 cm³/mol. The summed E-state index contributed by atoms with van der Waals surface area (Å²) in [6.07, 6.45) is 3.68. The van der Waals surface area contributed by atoms with Gasteiger partial charge in [-0.2, -0.15) is 0 Å². The maximum Gasteiger partial charge on any atom is 0.255 e. The number of halogens is 2. The highest BCUT2D eigenvalue weighted by atomic mass is 35.5. The number of hydrogen-bond donors (Lipinski definition) is 3. The van der Waals surface area contributed by atoms with E-state index in [2.05, 4.69) is 10.0 Å². The van der Waals surface area contributed by atoms with Gasteiger partial charge in [0.15, 0.2) is 0 Å². The SMILES string of the molecule is CS(=O)(=O)N[C@H]1CCCC[C@@H]1N1C(=O)c2ccccc2[C@@H](C(=O)NCc2ccc(S(N)(=O)=O)cc2)[C@@H]1c1ccc(Cl)cc1Cl. The third-order valence-electron chi connectivity index (χ3n) is 8.11. The van der Waals surface area contributed by atoms with E-state index in [9.17, 15) is 26.4 Å². The van der Waals surface area contributed by atoms with E-state index < -0.39 is 50.0 Å². The Hall–Kier alpha value is -3.00. The molecule has 44 heavy (non-hydrogen) atoms. The first-order valence-electron chi connectivity index (χ1n) is 14.0. The zero-order valence-corrected chi connectivity index (χ0v) is 26.9. The number of primary sulfonamides is 1. The van der Waals surface area contributed by atoms with E-state index in [0.29, 0.717) is 40.1 Å². The molecule has 10 nitrogen and oxygen atoms in total. The quantitative estimate of drug-likeness (QED) is 0.326. The van der Waals surface area contributed by atoms with Gasteiger partial charge in [0.25, 0.3) is 5.91 Å². The molecule has 14 heteroatoms. The Balaban J connectivity index is 1.60. The van der Waals surface area contributed by atoms with E-state index in [4.69, 9.17) is 28.3 Å². The first kappa shape index (κ1) is 32.4. The van der Waals surface area contributed by atoms with Crippen LogP contribution >= 0.6 is 23.2 Å². The predicted octanol–water partition coefficient (Wildman–Crippen LogP) is 4.10. The molecule has 0 aromatic heterocycles. The van der Waals surface area contributed by atoms with Gasteiger partial charge in [-0.25, -0.2) is 26.7 Å². The van der Waals surface area contributed by atoms with Gasteiger partial charge in [0.05, 0.1) is 23.1 Å². The Morgan fingerprint density at radius 3 is 2.30 bits per heavy atom. The lowest BCUT2D eigenvalue weighted by Crippen LogP contribution is -2.59. The maximum atomic E-state index is 14.3. The van der Waals surface area contributed by atoms with Crippen molar-refractivity contribution in [1.29, 1.82) is 0 Å². The van der Waals surface area contributed by atoms with Gasteiger partial charge in [-0.05, 0) is 59.9 Å².